The molecule has 0 aromatic carbocycles. The van der Waals surface area contributed by atoms with Crippen molar-refractivity contribution in [1.82, 2.24) is 0 Å². The Bertz CT molecular complexity index is 159. The van der Waals surface area contributed by atoms with E-state index in [2.05, 4.69) is 0 Å². The molecule has 0 aromatic rings. The average Bonchev–Trinajstić information content (AvgIpc) is 2.05. The SMILES string of the molecule is CCC(Cl)(Cl)P(Cl)(Cl)(CC)CC. The van der Waals surface area contributed by atoms with Crippen LogP contribution in [0.2, 0.25) is 0 Å². The molecular formula is C7H15Cl4P. The van der Waals surface area contributed by atoms with E-state index < -0.39 is 9.38 Å². The second-order valence-electron chi connectivity index (χ2n) is 2.90. The van der Waals surface area contributed by atoms with Crippen LogP contribution in [-0.2, 0) is 0 Å². The van der Waals surface area contributed by atoms with Gasteiger partial charge in [0.25, 0.3) is 0 Å². The number of hydrogen-bond donors (Lipinski definition) is 0. The number of alkyl halides is 2. The van der Waals surface area contributed by atoms with Crippen LogP contribution in [0.4, 0.5) is 0 Å². The van der Waals surface area contributed by atoms with Gasteiger partial charge in [0.05, 0.1) is 0 Å². The first-order valence-electron chi connectivity index (χ1n) is 4.05. The molecule has 0 N–H and O–H groups in total. The zero-order valence-corrected chi connectivity index (χ0v) is 11.5. The molecule has 0 rings (SSSR count). The van der Waals surface area contributed by atoms with Gasteiger partial charge in [0, 0.05) is 0 Å². The number of hydrogen-bond acceptors (Lipinski definition) is 0. The van der Waals surface area contributed by atoms with E-state index >= 15 is 0 Å². The van der Waals surface area contributed by atoms with E-state index in [0.29, 0.717) is 18.7 Å². The van der Waals surface area contributed by atoms with Gasteiger partial charge >= 0.3 is 94.6 Å². The minimum absolute atomic E-state index is 0.586. The average molecular weight is 272 g/mol. The number of halogens is 4. The van der Waals surface area contributed by atoms with E-state index in [4.69, 9.17) is 45.7 Å². The predicted octanol–water partition coefficient (Wildman–Crippen LogP) is 5.43. The van der Waals surface area contributed by atoms with Crippen LogP contribution in [-0.4, -0.2) is 16.4 Å². The molecule has 0 atom stereocenters. The Labute approximate surface area is 94.4 Å². The molecule has 12 heavy (non-hydrogen) atoms. The summed E-state index contributed by atoms with van der Waals surface area (Å²) in [5.41, 5.74) is 0. The molecule has 0 aliphatic carbocycles. The van der Waals surface area contributed by atoms with Crippen molar-refractivity contribution in [2.24, 2.45) is 0 Å². The van der Waals surface area contributed by atoms with Crippen LogP contribution in [0.3, 0.4) is 0 Å². The van der Waals surface area contributed by atoms with E-state index in [-0.39, 0.29) is 0 Å². The van der Waals surface area contributed by atoms with Gasteiger partial charge in [-0.1, -0.05) is 0 Å². The first-order chi connectivity index (χ1) is 5.23. The van der Waals surface area contributed by atoms with E-state index in [1.54, 1.807) is 0 Å². The van der Waals surface area contributed by atoms with Gasteiger partial charge in [-0.15, -0.1) is 0 Å². The summed E-state index contributed by atoms with van der Waals surface area (Å²) in [6.45, 7) is 5.78. The van der Waals surface area contributed by atoms with Crippen molar-refractivity contribution in [2.45, 2.75) is 31.3 Å². The fourth-order valence-corrected chi connectivity index (χ4v) is 5.24. The standard InChI is InChI=1S/C7H15Cl4P/c1-4-7(8,9)12(10,11,5-2)6-3/h4-6H2,1-3H3. The molecule has 76 valence electrons. The fourth-order valence-electron chi connectivity index (χ4n) is 1.03. The van der Waals surface area contributed by atoms with Crippen LogP contribution in [0.15, 0.2) is 0 Å². The normalized spacial score (nSPS) is 17.1. The third kappa shape index (κ3) is 2.15. The zero-order chi connectivity index (χ0) is 10.1. The first-order valence-corrected chi connectivity index (χ1v) is 9.22. The molecule has 0 aliphatic heterocycles. The maximum absolute atomic E-state index is 6.39. The van der Waals surface area contributed by atoms with Crippen molar-refractivity contribution >= 4 is 51.0 Å². The molecule has 0 saturated carbocycles. The van der Waals surface area contributed by atoms with Crippen LogP contribution in [0.25, 0.3) is 0 Å². The third-order valence-electron chi connectivity index (χ3n) is 2.38. The summed E-state index contributed by atoms with van der Waals surface area (Å²) in [6.07, 6.45) is 1.90. The summed E-state index contributed by atoms with van der Waals surface area (Å²) in [4.78, 5) is 0. The second-order valence-corrected chi connectivity index (χ2v) is 14.9. The zero-order valence-electron chi connectivity index (χ0n) is 7.58. The van der Waals surface area contributed by atoms with Gasteiger partial charge in [-0.25, -0.2) is 0 Å². The molecule has 0 unspecified atom stereocenters. The Balaban J connectivity index is 5.00. The van der Waals surface area contributed by atoms with E-state index in [9.17, 15) is 0 Å². The van der Waals surface area contributed by atoms with Crippen LogP contribution in [0, 0.1) is 0 Å². The van der Waals surface area contributed by atoms with Crippen LogP contribution < -0.4 is 0 Å². The molecule has 0 saturated heterocycles. The van der Waals surface area contributed by atoms with Gasteiger partial charge < -0.3 is 0 Å². The predicted molar refractivity (Wildman–Crippen MR) is 64.4 cm³/mol. The van der Waals surface area contributed by atoms with Crippen molar-refractivity contribution in [1.29, 1.82) is 0 Å². The van der Waals surface area contributed by atoms with Crippen LogP contribution in [0.5, 0.6) is 0 Å². The topological polar surface area (TPSA) is 0 Å². The van der Waals surface area contributed by atoms with Crippen molar-refractivity contribution in [3.8, 4) is 0 Å². The molecule has 0 aromatic heterocycles. The summed E-state index contributed by atoms with van der Waals surface area (Å²) >= 11 is 25.0. The molecule has 0 amide bonds. The fraction of sp³-hybridized carbons (Fsp3) is 1.00. The number of rotatable bonds is 4. The molecule has 0 heterocycles. The molecule has 0 aliphatic rings. The van der Waals surface area contributed by atoms with Crippen molar-refractivity contribution < 1.29 is 0 Å². The van der Waals surface area contributed by atoms with Crippen molar-refractivity contribution in [3.05, 3.63) is 0 Å². The summed E-state index contributed by atoms with van der Waals surface area (Å²) in [5.74, 6) is 0. The summed E-state index contributed by atoms with van der Waals surface area (Å²) in [7, 11) is 0. The first kappa shape index (κ1) is 13.6. The summed E-state index contributed by atoms with van der Waals surface area (Å²) in [5, 5.41) is -2.92. The van der Waals surface area contributed by atoms with E-state index in [0.717, 1.165) is 0 Å². The molecule has 0 spiro atoms. The van der Waals surface area contributed by atoms with Crippen molar-refractivity contribution in [3.63, 3.8) is 0 Å². The maximum atomic E-state index is 6.39. The van der Waals surface area contributed by atoms with Gasteiger partial charge in [-0.05, 0) is 0 Å². The molecular weight excluding hydrogens is 257 g/mol. The third-order valence-corrected chi connectivity index (χ3v) is 15.2. The van der Waals surface area contributed by atoms with Gasteiger partial charge in [-0.3, -0.25) is 0 Å². The van der Waals surface area contributed by atoms with E-state index in [1.807, 2.05) is 20.8 Å². The Morgan fingerprint density at radius 1 is 1.00 bits per heavy atom. The molecule has 0 fully saturated rings. The van der Waals surface area contributed by atoms with Gasteiger partial charge in [-0.2, -0.15) is 0 Å². The molecule has 5 heteroatoms. The molecule has 0 bridgehead atoms. The molecule has 0 radical (unpaired) electrons. The monoisotopic (exact) mass is 270 g/mol. The Morgan fingerprint density at radius 2 is 1.33 bits per heavy atom. The van der Waals surface area contributed by atoms with Crippen LogP contribution >= 0.6 is 51.0 Å². The Kier molecular flexibility index (Phi) is 4.52. The summed E-state index contributed by atoms with van der Waals surface area (Å²) < 4.78 is -0.960. The van der Waals surface area contributed by atoms with Crippen LogP contribution in [0.1, 0.15) is 27.2 Å². The molecule has 0 nitrogen and oxygen atoms in total. The van der Waals surface area contributed by atoms with E-state index in [1.165, 1.54) is 0 Å². The quantitative estimate of drug-likeness (QED) is 0.473. The Hall–Kier alpha value is 1.59. The van der Waals surface area contributed by atoms with Gasteiger partial charge in [0.2, 0.25) is 0 Å². The minimum atomic E-state index is -2.92. The van der Waals surface area contributed by atoms with Crippen molar-refractivity contribution in [2.75, 3.05) is 12.3 Å². The summed E-state index contributed by atoms with van der Waals surface area (Å²) in [6, 6.07) is 0. The van der Waals surface area contributed by atoms with Gasteiger partial charge in [0.15, 0.2) is 0 Å². The second kappa shape index (κ2) is 3.99. The van der Waals surface area contributed by atoms with Gasteiger partial charge in [0.1, 0.15) is 0 Å². The Morgan fingerprint density at radius 3 is 1.42 bits per heavy atom.